The molecule has 0 heterocycles. The van der Waals surface area contributed by atoms with Crippen LogP contribution >= 0.6 is 0 Å². The van der Waals surface area contributed by atoms with Crippen LogP contribution in [-0.2, 0) is 4.79 Å². The first-order chi connectivity index (χ1) is 5.84. The molecule has 0 saturated heterocycles. The summed E-state index contributed by atoms with van der Waals surface area (Å²) in [5.74, 6) is 1.81. The third kappa shape index (κ3) is 0.562. The largest absolute Gasteiger partial charge is 0.294 e. The highest BCUT2D eigenvalue weighted by Gasteiger charge is 2.57. The van der Waals surface area contributed by atoms with Crippen molar-refractivity contribution in [2.75, 3.05) is 0 Å². The molecule has 1 nitrogen and oxygen atoms in total. The molecule has 0 N–H and O–H groups in total. The lowest BCUT2D eigenvalue weighted by Gasteiger charge is -2.27. The highest BCUT2D eigenvalue weighted by molar-refractivity contribution is 5.98. The molecule has 0 aromatic heterocycles. The van der Waals surface area contributed by atoms with Crippen LogP contribution in [0, 0.1) is 17.3 Å². The molecule has 0 aromatic carbocycles. The molecule has 0 bridgehead atoms. The van der Waals surface area contributed by atoms with Gasteiger partial charge in [-0.1, -0.05) is 12.5 Å². The summed E-state index contributed by atoms with van der Waals surface area (Å²) in [5, 5.41) is 0. The second-order valence-corrected chi connectivity index (χ2v) is 4.54. The number of allylic oxidation sites excluding steroid dienone is 2. The summed E-state index contributed by atoms with van der Waals surface area (Å²) in [6, 6.07) is 0. The van der Waals surface area contributed by atoms with E-state index in [0.29, 0.717) is 11.7 Å². The summed E-state index contributed by atoms with van der Waals surface area (Å²) in [6.07, 6.45) is 10.4. The standard InChI is InChI=1S/C11H14O/c12-10-6-5-9-4-3-8-2-1-7-11(8,9)10/h5-6,8-9H,1-4,7H2/t8-,9+,11+/m0/s1. The van der Waals surface area contributed by atoms with E-state index < -0.39 is 0 Å². The van der Waals surface area contributed by atoms with E-state index in [4.69, 9.17) is 0 Å². The Bertz CT molecular complexity index is 266. The Morgan fingerprint density at radius 3 is 3.17 bits per heavy atom. The number of carbonyl (C=O) groups excluding carboxylic acids is 1. The molecule has 0 amide bonds. The van der Waals surface area contributed by atoms with E-state index in [9.17, 15) is 4.79 Å². The van der Waals surface area contributed by atoms with Crippen LogP contribution in [0.4, 0.5) is 0 Å². The lowest BCUT2D eigenvalue weighted by atomic mass is 9.74. The fourth-order valence-electron chi connectivity index (χ4n) is 3.76. The first-order valence-corrected chi connectivity index (χ1v) is 5.07. The van der Waals surface area contributed by atoms with E-state index >= 15 is 0 Å². The van der Waals surface area contributed by atoms with Gasteiger partial charge < -0.3 is 0 Å². The van der Waals surface area contributed by atoms with Gasteiger partial charge in [0.1, 0.15) is 0 Å². The van der Waals surface area contributed by atoms with Gasteiger partial charge >= 0.3 is 0 Å². The highest BCUT2D eigenvalue weighted by atomic mass is 16.1. The van der Waals surface area contributed by atoms with Gasteiger partial charge in [0.15, 0.2) is 5.78 Å². The average molecular weight is 162 g/mol. The molecule has 64 valence electrons. The van der Waals surface area contributed by atoms with Crippen LogP contribution in [-0.4, -0.2) is 5.78 Å². The second-order valence-electron chi connectivity index (χ2n) is 4.54. The second kappa shape index (κ2) is 2.01. The Morgan fingerprint density at radius 2 is 2.25 bits per heavy atom. The van der Waals surface area contributed by atoms with Crippen LogP contribution in [0.15, 0.2) is 12.2 Å². The zero-order chi connectivity index (χ0) is 8.18. The quantitative estimate of drug-likeness (QED) is 0.534. The Labute approximate surface area is 72.8 Å². The maximum absolute atomic E-state index is 11.8. The van der Waals surface area contributed by atoms with Gasteiger partial charge in [0.25, 0.3) is 0 Å². The summed E-state index contributed by atoms with van der Waals surface area (Å²) in [4.78, 5) is 11.8. The van der Waals surface area contributed by atoms with Crippen molar-refractivity contribution < 1.29 is 4.79 Å². The van der Waals surface area contributed by atoms with Crippen LogP contribution in [0.25, 0.3) is 0 Å². The minimum absolute atomic E-state index is 0.125. The Morgan fingerprint density at radius 1 is 1.33 bits per heavy atom. The van der Waals surface area contributed by atoms with Crippen LogP contribution in [0.3, 0.4) is 0 Å². The summed E-state index contributed by atoms with van der Waals surface area (Å²) in [7, 11) is 0. The minimum atomic E-state index is 0.125. The van der Waals surface area contributed by atoms with Crippen molar-refractivity contribution in [2.45, 2.75) is 32.1 Å². The minimum Gasteiger partial charge on any atom is -0.294 e. The van der Waals surface area contributed by atoms with E-state index in [1.54, 1.807) is 0 Å². The van der Waals surface area contributed by atoms with Crippen molar-refractivity contribution in [3.63, 3.8) is 0 Å². The number of ketones is 1. The fourth-order valence-corrected chi connectivity index (χ4v) is 3.76. The number of carbonyl (C=O) groups is 1. The van der Waals surface area contributed by atoms with Gasteiger partial charge in [0.05, 0.1) is 0 Å². The number of hydrogen-bond donors (Lipinski definition) is 0. The van der Waals surface area contributed by atoms with Crippen molar-refractivity contribution >= 4 is 5.78 Å². The smallest absolute Gasteiger partial charge is 0.162 e. The Kier molecular flexibility index (Phi) is 1.15. The fraction of sp³-hybridized carbons (Fsp3) is 0.727. The van der Waals surface area contributed by atoms with Gasteiger partial charge in [0, 0.05) is 5.41 Å². The molecule has 12 heavy (non-hydrogen) atoms. The Hall–Kier alpha value is -0.590. The van der Waals surface area contributed by atoms with Crippen molar-refractivity contribution in [2.24, 2.45) is 17.3 Å². The SMILES string of the molecule is O=C1C=C[C@H]2CC[C@@H]3CCC[C@@]132. The maximum Gasteiger partial charge on any atom is 0.162 e. The zero-order valence-electron chi connectivity index (χ0n) is 7.25. The maximum atomic E-state index is 11.8. The van der Waals surface area contributed by atoms with Crippen molar-refractivity contribution in [1.82, 2.24) is 0 Å². The van der Waals surface area contributed by atoms with Gasteiger partial charge in [-0.05, 0) is 43.6 Å². The van der Waals surface area contributed by atoms with E-state index in [1.165, 1.54) is 32.1 Å². The monoisotopic (exact) mass is 162 g/mol. The summed E-state index contributed by atoms with van der Waals surface area (Å²) < 4.78 is 0. The van der Waals surface area contributed by atoms with Crippen molar-refractivity contribution in [1.29, 1.82) is 0 Å². The van der Waals surface area contributed by atoms with Gasteiger partial charge in [-0.15, -0.1) is 0 Å². The summed E-state index contributed by atoms with van der Waals surface area (Å²) in [5.41, 5.74) is 0.125. The first-order valence-electron chi connectivity index (χ1n) is 5.07. The summed E-state index contributed by atoms with van der Waals surface area (Å²) in [6.45, 7) is 0. The molecule has 3 rings (SSSR count). The molecule has 0 aromatic rings. The van der Waals surface area contributed by atoms with E-state index in [1.807, 2.05) is 6.08 Å². The molecule has 3 aliphatic carbocycles. The molecule has 2 fully saturated rings. The van der Waals surface area contributed by atoms with E-state index in [0.717, 1.165) is 5.92 Å². The molecular weight excluding hydrogens is 148 g/mol. The molecule has 2 saturated carbocycles. The molecule has 1 spiro atoms. The van der Waals surface area contributed by atoms with Crippen molar-refractivity contribution in [3.8, 4) is 0 Å². The average Bonchev–Trinajstić information content (AvgIpc) is 2.63. The van der Waals surface area contributed by atoms with Gasteiger partial charge in [0.2, 0.25) is 0 Å². The molecule has 0 unspecified atom stereocenters. The molecule has 0 radical (unpaired) electrons. The zero-order valence-corrected chi connectivity index (χ0v) is 7.25. The molecule has 1 heteroatoms. The lowest BCUT2D eigenvalue weighted by molar-refractivity contribution is -0.124. The van der Waals surface area contributed by atoms with E-state index in [2.05, 4.69) is 6.08 Å². The van der Waals surface area contributed by atoms with Gasteiger partial charge in [-0.25, -0.2) is 0 Å². The third-order valence-electron chi connectivity index (χ3n) is 4.30. The number of rotatable bonds is 0. The van der Waals surface area contributed by atoms with Crippen LogP contribution in [0.5, 0.6) is 0 Å². The van der Waals surface area contributed by atoms with Crippen LogP contribution in [0.2, 0.25) is 0 Å². The predicted octanol–water partition coefficient (Wildman–Crippen LogP) is 2.32. The molecular formula is C11H14O. The molecule has 3 atom stereocenters. The highest BCUT2D eigenvalue weighted by Crippen LogP contribution is 2.60. The number of hydrogen-bond acceptors (Lipinski definition) is 1. The normalized spacial score (nSPS) is 49.8. The third-order valence-corrected chi connectivity index (χ3v) is 4.30. The van der Waals surface area contributed by atoms with Gasteiger partial charge in [-0.3, -0.25) is 4.79 Å². The molecule has 3 aliphatic rings. The molecule has 0 aliphatic heterocycles. The van der Waals surface area contributed by atoms with Crippen LogP contribution in [0.1, 0.15) is 32.1 Å². The lowest BCUT2D eigenvalue weighted by Crippen LogP contribution is -2.31. The van der Waals surface area contributed by atoms with Crippen LogP contribution < -0.4 is 0 Å². The van der Waals surface area contributed by atoms with Crippen molar-refractivity contribution in [3.05, 3.63) is 12.2 Å². The Balaban J connectivity index is 2.09. The van der Waals surface area contributed by atoms with E-state index in [-0.39, 0.29) is 5.41 Å². The predicted molar refractivity (Wildman–Crippen MR) is 46.6 cm³/mol. The summed E-state index contributed by atoms with van der Waals surface area (Å²) >= 11 is 0. The van der Waals surface area contributed by atoms with Gasteiger partial charge in [-0.2, -0.15) is 0 Å². The topological polar surface area (TPSA) is 17.1 Å². The first kappa shape index (κ1) is 6.88.